The molecule has 1 N–H and O–H groups in total. The van der Waals surface area contributed by atoms with Gasteiger partial charge in [0.2, 0.25) is 0 Å². The average molecular weight is 442 g/mol. The fourth-order valence-corrected chi connectivity index (χ4v) is 3.81. The van der Waals surface area contributed by atoms with Crippen LogP contribution in [0.1, 0.15) is 40.3 Å². The highest BCUT2D eigenvalue weighted by molar-refractivity contribution is 9.10. The van der Waals surface area contributed by atoms with E-state index in [0.717, 1.165) is 26.9 Å². The van der Waals surface area contributed by atoms with Crippen molar-refractivity contribution in [3.8, 4) is 11.5 Å². The number of carbonyl (C=O) groups excluding carboxylic acids is 1. The Balaban J connectivity index is 1.58. The zero-order chi connectivity index (χ0) is 19.8. The molecule has 2 heterocycles. The Kier molecular flexibility index (Phi) is 4.93. The highest BCUT2D eigenvalue weighted by Crippen LogP contribution is 2.37. The monoisotopic (exact) mass is 441 g/mol. The first-order valence-corrected chi connectivity index (χ1v) is 9.86. The van der Waals surface area contributed by atoms with Crippen LogP contribution in [0.25, 0.3) is 11.0 Å². The van der Waals surface area contributed by atoms with E-state index in [0.29, 0.717) is 35.8 Å². The van der Waals surface area contributed by atoms with Gasteiger partial charge in [0.1, 0.15) is 13.2 Å². The van der Waals surface area contributed by atoms with Crippen LogP contribution in [0.4, 0.5) is 0 Å². The number of hydrogen-bond donors (Lipinski definition) is 1. The molecule has 1 aliphatic heterocycles. The summed E-state index contributed by atoms with van der Waals surface area (Å²) in [6.07, 6.45) is 0. The molecule has 144 valence electrons. The van der Waals surface area contributed by atoms with Gasteiger partial charge in [-0.3, -0.25) is 4.79 Å². The Morgan fingerprint density at radius 1 is 1.04 bits per heavy atom. The molecule has 0 aliphatic carbocycles. The molecular weight excluding hydrogens is 422 g/mol. The van der Waals surface area contributed by atoms with Crippen LogP contribution in [0.5, 0.6) is 11.5 Å². The minimum atomic E-state index is -0.223. The first kappa shape index (κ1) is 18.7. The van der Waals surface area contributed by atoms with Gasteiger partial charge in [-0.15, -0.1) is 0 Å². The molecule has 1 atom stereocenters. The number of nitrogens with one attached hydrogen (secondary N) is 1. The zero-order valence-corrected chi connectivity index (χ0v) is 17.5. The maximum atomic E-state index is 12.8. The molecule has 0 spiro atoms. The largest absolute Gasteiger partial charge is 0.486 e. The summed E-state index contributed by atoms with van der Waals surface area (Å²) in [5.74, 6) is 1.23. The number of rotatable bonds is 3. The van der Waals surface area contributed by atoms with Gasteiger partial charge in [-0.1, -0.05) is 15.9 Å². The molecule has 3 aromatic rings. The lowest BCUT2D eigenvalue weighted by Gasteiger charge is -2.22. The summed E-state index contributed by atoms with van der Waals surface area (Å²) in [5.41, 5.74) is 4.71. The van der Waals surface area contributed by atoms with Crippen molar-refractivity contribution in [2.75, 3.05) is 13.2 Å². The van der Waals surface area contributed by atoms with Gasteiger partial charge in [-0.05, 0) is 56.7 Å². The third-order valence-corrected chi connectivity index (χ3v) is 5.50. The number of aromatic nitrogens is 2. The lowest BCUT2D eigenvalue weighted by Crippen LogP contribution is -2.27. The van der Waals surface area contributed by atoms with Gasteiger partial charge >= 0.3 is 0 Å². The molecule has 2 aromatic carbocycles. The Morgan fingerprint density at radius 3 is 2.39 bits per heavy atom. The maximum absolute atomic E-state index is 12.8. The van der Waals surface area contributed by atoms with E-state index in [-0.39, 0.29) is 11.9 Å². The predicted molar refractivity (Wildman–Crippen MR) is 110 cm³/mol. The number of aryl methyl sites for hydroxylation is 2. The van der Waals surface area contributed by atoms with Crippen LogP contribution in [0.15, 0.2) is 34.8 Å². The van der Waals surface area contributed by atoms with Crippen molar-refractivity contribution in [3.05, 3.63) is 57.3 Å². The predicted octanol–water partition coefficient (Wildman–Crippen LogP) is 4.27. The molecule has 0 bridgehead atoms. The quantitative estimate of drug-likeness (QED) is 0.656. The molecule has 1 aliphatic rings. The molecule has 7 heteroatoms. The minimum Gasteiger partial charge on any atom is -0.486 e. The van der Waals surface area contributed by atoms with Crippen molar-refractivity contribution in [1.29, 1.82) is 0 Å². The molecule has 1 amide bonds. The summed E-state index contributed by atoms with van der Waals surface area (Å²) < 4.78 is 12.1. The lowest BCUT2D eigenvalue weighted by atomic mass is 10.1. The van der Waals surface area contributed by atoms with Gasteiger partial charge in [0.15, 0.2) is 11.5 Å². The first-order chi connectivity index (χ1) is 13.4. The number of nitrogens with zero attached hydrogens (tertiary/aromatic N) is 2. The van der Waals surface area contributed by atoms with Crippen LogP contribution in [0.3, 0.4) is 0 Å². The van der Waals surface area contributed by atoms with Gasteiger partial charge in [-0.2, -0.15) is 0 Å². The first-order valence-electron chi connectivity index (χ1n) is 9.07. The summed E-state index contributed by atoms with van der Waals surface area (Å²) in [7, 11) is 0. The average Bonchev–Trinajstić information content (AvgIpc) is 2.67. The summed E-state index contributed by atoms with van der Waals surface area (Å²) in [5, 5.41) is 3.04. The number of carbonyl (C=O) groups is 1. The van der Waals surface area contributed by atoms with Crippen LogP contribution in [-0.4, -0.2) is 29.1 Å². The van der Waals surface area contributed by atoms with Crippen LogP contribution in [0, 0.1) is 13.8 Å². The summed E-state index contributed by atoms with van der Waals surface area (Å²) in [6.45, 7) is 6.83. The standard InChI is InChI=1S/C21H20BrN3O3/c1-11-12(2)24-18-8-14(4-5-17(18)23-11)21(26)25-13(3)15-9-19-20(10-16(15)22)28-7-6-27-19/h4-5,8-10,13H,6-7H2,1-3H3,(H,25,26)/t13-/m1/s1. The van der Waals surface area contributed by atoms with Crippen molar-refractivity contribution < 1.29 is 14.3 Å². The molecule has 0 radical (unpaired) electrons. The van der Waals surface area contributed by atoms with Gasteiger partial charge in [0.25, 0.3) is 5.91 Å². The molecule has 28 heavy (non-hydrogen) atoms. The fraction of sp³-hybridized carbons (Fsp3) is 0.286. The zero-order valence-electron chi connectivity index (χ0n) is 15.9. The van der Waals surface area contributed by atoms with Gasteiger partial charge in [0.05, 0.1) is 28.5 Å². The van der Waals surface area contributed by atoms with E-state index >= 15 is 0 Å². The number of amides is 1. The Hall–Kier alpha value is -2.67. The molecule has 0 saturated heterocycles. The van der Waals surface area contributed by atoms with Crippen molar-refractivity contribution in [3.63, 3.8) is 0 Å². The van der Waals surface area contributed by atoms with Crippen molar-refractivity contribution in [2.45, 2.75) is 26.8 Å². The van der Waals surface area contributed by atoms with E-state index < -0.39 is 0 Å². The summed E-state index contributed by atoms with van der Waals surface area (Å²) in [4.78, 5) is 21.8. The Bertz CT molecular complexity index is 1080. The van der Waals surface area contributed by atoms with Gasteiger partial charge in [-0.25, -0.2) is 9.97 Å². The van der Waals surface area contributed by atoms with Gasteiger partial charge < -0.3 is 14.8 Å². The number of ether oxygens (including phenoxy) is 2. The topological polar surface area (TPSA) is 73.3 Å². The van der Waals surface area contributed by atoms with Crippen molar-refractivity contribution >= 4 is 32.9 Å². The Morgan fingerprint density at radius 2 is 1.68 bits per heavy atom. The number of benzene rings is 2. The third kappa shape index (κ3) is 3.54. The number of fused-ring (bicyclic) bond motifs is 2. The lowest BCUT2D eigenvalue weighted by molar-refractivity contribution is 0.0939. The smallest absolute Gasteiger partial charge is 0.251 e. The van der Waals surface area contributed by atoms with E-state index in [2.05, 4.69) is 31.2 Å². The van der Waals surface area contributed by atoms with Crippen molar-refractivity contribution in [1.82, 2.24) is 15.3 Å². The Labute approximate surface area is 171 Å². The molecule has 0 fully saturated rings. The molecular formula is C21H20BrN3O3. The SMILES string of the molecule is Cc1nc2ccc(C(=O)N[C@H](C)c3cc4c(cc3Br)OCCO4)cc2nc1C. The maximum Gasteiger partial charge on any atom is 0.251 e. The second-order valence-electron chi connectivity index (χ2n) is 6.81. The second-order valence-corrected chi connectivity index (χ2v) is 7.66. The van der Waals surface area contributed by atoms with E-state index in [9.17, 15) is 4.79 Å². The second kappa shape index (κ2) is 7.39. The number of halogens is 1. The highest BCUT2D eigenvalue weighted by Gasteiger charge is 2.20. The molecule has 4 rings (SSSR count). The van der Waals surface area contributed by atoms with Crippen molar-refractivity contribution in [2.24, 2.45) is 0 Å². The minimum absolute atomic E-state index is 0.170. The van der Waals surface area contributed by atoms with Crippen LogP contribution < -0.4 is 14.8 Å². The van der Waals surface area contributed by atoms with Crippen LogP contribution in [-0.2, 0) is 0 Å². The molecule has 0 unspecified atom stereocenters. The van der Waals surface area contributed by atoms with E-state index in [4.69, 9.17) is 9.47 Å². The highest BCUT2D eigenvalue weighted by atomic mass is 79.9. The normalized spacial score (nSPS) is 14.0. The molecule has 0 saturated carbocycles. The van der Waals surface area contributed by atoms with E-state index in [1.165, 1.54) is 0 Å². The van der Waals surface area contributed by atoms with E-state index in [1.807, 2.05) is 39.0 Å². The van der Waals surface area contributed by atoms with E-state index in [1.54, 1.807) is 12.1 Å². The van der Waals surface area contributed by atoms with Crippen LogP contribution in [0.2, 0.25) is 0 Å². The number of hydrogen-bond acceptors (Lipinski definition) is 5. The summed E-state index contributed by atoms with van der Waals surface area (Å²) >= 11 is 3.56. The summed E-state index contributed by atoms with van der Waals surface area (Å²) in [6, 6.07) is 8.93. The van der Waals surface area contributed by atoms with Crippen LogP contribution >= 0.6 is 15.9 Å². The third-order valence-electron chi connectivity index (χ3n) is 4.81. The molecule has 6 nitrogen and oxygen atoms in total. The van der Waals surface area contributed by atoms with Gasteiger partial charge in [0, 0.05) is 10.0 Å². The fourth-order valence-electron chi connectivity index (χ4n) is 3.14. The molecule has 1 aromatic heterocycles.